The molecule has 0 amide bonds. The molecule has 188 valence electrons. The minimum atomic E-state index is 0.0833. The first kappa shape index (κ1) is 23.7. The van der Waals surface area contributed by atoms with Gasteiger partial charge in [-0.05, 0) is 66.4 Å². The number of rotatable bonds is 5. The number of carbonyl (C=O) groups excluding carboxylic acids is 2. The van der Waals surface area contributed by atoms with Crippen LogP contribution < -0.4 is 5.32 Å². The lowest BCUT2D eigenvalue weighted by atomic mass is 9.49. The van der Waals surface area contributed by atoms with E-state index in [-0.39, 0.29) is 28.4 Å². The van der Waals surface area contributed by atoms with E-state index in [1.807, 2.05) is 6.08 Å². The Morgan fingerprint density at radius 3 is 2.25 bits per heavy atom. The molecule has 1 heterocycles. The summed E-state index contributed by atoms with van der Waals surface area (Å²) < 4.78 is 0. The summed E-state index contributed by atoms with van der Waals surface area (Å²) in [5, 5.41) is 3.70. The van der Waals surface area contributed by atoms with Gasteiger partial charge >= 0.3 is 0 Å². The monoisotopic (exact) mass is 481 g/mol. The summed E-state index contributed by atoms with van der Waals surface area (Å²) in [6.45, 7) is 5.78. The van der Waals surface area contributed by atoms with Gasteiger partial charge in [-0.3, -0.25) is 9.59 Å². The summed E-state index contributed by atoms with van der Waals surface area (Å²) in [5.41, 5.74) is 3.82. The zero-order valence-electron chi connectivity index (χ0n) is 21.7. The molecule has 0 spiro atoms. The van der Waals surface area contributed by atoms with Gasteiger partial charge in [0.2, 0.25) is 0 Å². The molecule has 0 bridgehead atoms. The Kier molecular flexibility index (Phi) is 5.93. The highest BCUT2D eigenvalue weighted by atomic mass is 16.1. The highest BCUT2D eigenvalue weighted by Gasteiger charge is 2.60. The maximum absolute atomic E-state index is 14.1. The lowest BCUT2D eigenvalue weighted by Crippen LogP contribution is -2.57. The van der Waals surface area contributed by atoms with Crippen molar-refractivity contribution in [3.63, 3.8) is 0 Å². The molecule has 0 aromatic heterocycles. The molecule has 6 rings (SSSR count). The molecule has 3 heteroatoms. The number of carbonyl (C=O) groups is 2. The van der Waals surface area contributed by atoms with Crippen LogP contribution in [0.15, 0.2) is 72.4 Å². The molecular weight excluding hydrogens is 442 g/mol. The second kappa shape index (κ2) is 9.01. The van der Waals surface area contributed by atoms with Gasteiger partial charge < -0.3 is 5.32 Å². The number of ketones is 2. The molecule has 2 saturated carbocycles. The minimum Gasteiger partial charge on any atom is -0.387 e. The van der Waals surface area contributed by atoms with E-state index in [0.29, 0.717) is 36.4 Å². The van der Waals surface area contributed by atoms with Crippen LogP contribution in [0.4, 0.5) is 0 Å². The number of allylic oxidation sites excluding steroid dienone is 2. The molecule has 6 atom stereocenters. The van der Waals surface area contributed by atoms with E-state index in [1.165, 1.54) is 23.2 Å². The molecule has 3 aliphatic carbocycles. The normalized spacial score (nSPS) is 35.3. The maximum atomic E-state index is 14.1. The summed E-state index contributed by atoms with van der Waals surface area (Å²) in [6, 6.07) is 21.1. The predicted octanol–water partition coefficient (Wildman–Crippen LogP) is 6.69. The summed E-state index contributed by atoms with van der Waals surface area (Å²) >= 11 is 0. The van der Waals surface area contributed by atoms with Crippen molar-refractivity contribution in [1.82, 2.24) is 5.32 Å². The van der Waals surface area contributed by atoms with Crippen LogP contribution in [0, 0.1) is 34.5 Å². The number of benzene rings is 2. The first-order chi connectivity index (χ1) is 17.4. The molecule has 1 aliphatic heterocycles. The van der Waals surface area contributed by atoms with E-state index in [1.54, 1.807) is 0 Å². The van der Waals surface area contributed by atoms with Gasteiger partial charge in [-0.1, -0.05) is 74.5 Å². The summed E-state index contributed by atoms with van der Waals surface area (Å²) in [4.78, 5) is 26.2. The van der Waals surface area contributed by atoms with Gasteiger partial charge in [0, 0.05) is 48.4 Å². The second-order valence-electron chi connectivity index (χ2n) is 12.4. The smallest absolute Gasteiger partial charge is 0.157 e. The van der Waals surface area contributed by atoms with E-state index < -0.39 is 0 Å². The molecule has 2 aromatic rings. The van der Waals surface area contributed by atoms with Crippen molar-refractivity contribution in [1.29, 1.82) is 0 Å². The van der Waals surface area contributed by atoms with Crippen LogP contribution in [0.25, 0.3) is 0 Å². The Morgan fingerprint density at radius 1 is 0.917 bits per heavy atom. The largest absolute Gasteiger partial charge is 0.387 e. The van der Waals surface area contributed by atoms with Gasteiger partial charge in [0.15, 0.2) is 5.78 Å². The Labute approximate surface area is 215 Å². The molecule has 1 N–H and O–H groups in total. The van der Waals surface area contributed by atoms with Crippen molar-refractivity contribution in [2.24, 2.45) is 34.5 Å². The first-order valence-corrected chi connectivity index (χ1v) is 14.0. The Balaban J connectivity index is 1.24. The van der Waals surface area contributed by atoms with Crippen molar-refractivity contribution in [2.45, 2.75) is 64.7 Å². The Morgan fingerprint density at radius 2 is 1.58 bits per heavy atom. The van der Waals surface area contributed by atoms with Crippen LogP contribution in [-0.2, 0) is 9.59 Å². The van der Waals surface area contributed by atoms with Crippen LogP contribution in [0.1, 0.15) is 75.8 Å². The zero-order chi connectivity index (χ0) is 24.9. The van der Waals surface area contributed by atoms with Gasteiger partial charge in [-0.25, -0.2) is 0 Å². The van der Waals surface area contributed by atoms with Crippen molar-refractivity contribution < 1.29 is 9.59 Å². The third kappa shape index (κ3) is 3.78. The first-order valence-electron chi connectivity index (χ1n) is 14.0. The molecule has 2 aromatic carbocycles. The molecule has 4 aliphatic rings. The predicted molar refractivity (Wildman–Crippen MR) is 143 cm³/mol. The highest BCUT2D eigenvalue weighted by molar-refractivity contribution is 5.91. The van der Waals surface area contributed by atoms with E-state index >= 15 is 0 Å². The SMILES string of the molecule is C[C@]12CC[C@H]3[C@@H](CNC4=CC(=O)CC[C@@]43C)[C@@H]1CC[C@@H]2C(=O)CC(c1ccccc1)c1ccccc1. The van der Waals surface area contributed by atoms with Gasteiger partial charge in [0.05, 0.1) is 0 Å². The number of fused-ring (bicyclic) bond motifs is 5. The van der Waals surface area contributed by atoms with Crippen LogP contribution in [0.3, 0.4) is 0 Å². The van der Waals surface area contributed by atoms with Crippen LogP contribution in [-0.4, -0.2) is 18.1 Å². The molecule has 1 saturated heterocycles. The molecule has 3 fully saturated rings. The zero-order valence-corrected chi connectivity index (χ0v) is 21.7. The van der Waals surface area contributed by atoms with Crippen LogP contribution in [0.5, 0.6) is 0 Å². The standard InChI is InChI=1S/C33H39NO2/c1-32-18-16-28-26(21-34-31-19-24(35)15-17-33(28,31)2)27(32)13-14-29(32)30(36)20-25(22-9-5-3-6-10-22)23-11-7-4-8-12-23/h3-12,19,25-29,34H,13-18,20-21H2,1-2H3/t26-,27-,28-,29+,32-,33+/m0/s1. The summed E-state index contributed by atoms with van der Waals surface area (Å²) in [5.74, 6) is 2.78. The third-order valence-electron chi connectivity index (χ3n) is 10.8. The van der Waals surface area contributed by atoms with Gasteiger partial charge in [-0.2, -0.15) is 0 Å². The minimum absolute atomic E-state index is 0.0833. The highest BCUT2D eigenvalue weighted by Crippen LogP contribution is 2.64. The topological polar surface area (TPSA) is 46.2 Å². The van der Waals surface area contributed by atoms with Crippen molar-refractivity contribution in [3.8, 4) is 0 Å². The molecule has 0 radical (unpaired) electrons. The van der Waals surface area contributed by atoms with E-state index in [0.717, 1.165) is 32.2 Å². The molecular formula is C33H39NO2. The Hall–Kier alpha value is -2.68. The lowest BCUT2D eigenvalue weighted by molar-refractivity contribution is -0.130. The molecule has 3 nitrogen and oxygen atoms in total. The summed E-state index contributed by atoms with van der Waals surface area (Å²) in [6.07, 6.45) is 8.60. The lowest BCUT2D eigenvalue weighted by Gasteiger charge is -2.58. The van der Waals surface area contributed by atoms with Crippen molar-refractivity contribution in [3.05, 3.63) is 83.6 Å². The van der Waals surface area contributed by atoms with Crippen molar-refractivity contribution >= 4 is 11.6 Å². The maximum Gasteiger partial charge on any atom is 0.157 e. The van der Waals surface area contributed by atoms with Crippen molar-refractivity contribution in [2.75, 3.05) is 6.54 Å². The quantitative estimate of drug-likeness (QED) is 0.517. The third-order valence-corrected chi connectivity index (χ3v) is 10.8. The summed E-state index contributed by atoms with van der Waals surface area (Å²) in [7, 11) is 0. The van der Waals surface area contributed by atoms with Gasteiger partial charge in [-0.15, -0.1) is 0 Å². The van der Waals surface area contributed by atoms with Gasteiger partial charge in [0.1, 0.15) is 5.78 Å². The van der Waals surface area contributed by atoms with Crippen LogP contribution in [0.2, 0.25) is 0 Å². The fraction of sp³-hybridized carbons (Fsp3) is 0.515. The van der Waals surface area contributed by atoms with E-state index in [9.17, 15) is 9.59 Å². The second-order valence-corrected chi connectivity index (χ2v) is 12.4. The van der Waals surface area contributed by atoms with Crippen LogP contribution >= 0.6 is 0 Å². The number of hydrogen-bond acceptors (Lipinski definition) is 3. The number of piperidine rings is 1. The number of Topliss-reactive ketones (excluding diaryl/α,β-unsaturated/α-hetero) is 1. The molecule has 36 heavy (non-hydrogen) atoms. The number of hydrogen-bond donors (Lipinski definition) is 1. The molecule has 0 unspecified atom stereocenters. The average Bonchev–Trinajstić information content (AvgIpc) is 3.26. The fourth-order valence-corrected chi connectivity index (χ4v) is 8.82. The Bertz CT molecular complexity index is 1130. The fourth-order valence-electron chi connectivity index (χ4n) is 8.82. The van der Waals surface area contributed by atoms with Gasteiger partial charge in [0.25, 0.3) is 0 Å². The number of nitrogens with one attached hydrogen (secondary N) is 1. The van der Waals surface area contributed by atoms with E-state index in [4.69, 9.17) is 0 Å². The average molecular weight is 482 g/mol. The van der Waals surface area contributed by atoms with E-state index in [2.05, 4.69) is 79.8 Å².